The molecule has 3 aromatic rings. The van der Waals surface area contributed by atoms with Crippen LogP contribution in [-0.2, 0) is 4.79 Å². The van der Waals surface area contributed by atoms with Crippen LogP contribution in [-0.4, -0.2) is 16.0 Å². The summed E-state index contributed by atoms with van der Waals surface area (Å²) in [5.74, 6) is -0.0846. The van der Waals surface area contributed by atoms with Crippen molar-refractivity contribution in [2.45, 2.75) is 19.8 Å². The summed E-state index contributed by atoms with van der Waals surface area (Å²) in [5.41, 5.74) is 2.71. The first-order valence-corrected chi connectivity index (χ1v) is 9.85. The summed E-state index contributed by atoms with van der Waals surface area (Å²) in [6.07, 6.45) is 1.23. The summed E-state index contributed by atoms with van der Waals surface area (Å²) in [6, 6.07) is 13.9. The molecule has 0 radical (unpaired) electrons. The van der Waals surface area contributed by atoms with Gasteiger partial charge in [0, 0.05) is 16.5 Å². The minimum Gasteiger partial charge on any atom is -0.332 e. The van der Waals surface area contributed by atoms with Gasteiger partial charge in [-0.25, -0.2) is 4.98 Å². The van der Waals surface area contributed by atoms with Gasteiger partial charge in [-0.2, -0.15) is 0 Å². The first-order valence-electron chi connectivity index (χ1n) is 7.83. The second-order valence-corrected chi connectivity index (χ2v) is 7.78. The van der Waals surface area contributed by atoms with Gasteiger partial charge >= 0.3 is 0 Å². The summed E-state index contributed by atoms with van der Waals surface area (Å²) in [6.45, 7) is 1.95. The molecule has 0 bridgehead atoms. The maximum absolute atomic E-state index is 11.7. The monoisotopic (exact) mass is 433 g/mol. The fourth-order valence-corrected chi connectivity index (χ4v) is 3.94. The Kier molecular flexibility index (Phi) is 5.78. The molecular formula is C18H16BrN3OS2. The van der Waals surface area contributed by atoms with E-state index in [1.54, 1.807) is 11.3 Å². The molecule has 0 aliphatic rings. The smallest absolute Gasteiger partial charge is 0.226 e. The first-order chi connectivity index (χ1) is 12.1. The molecule has 25 heavy (non-hydrogen) atoms. The van der Waals surface area contributed by atoms with Crippen LogP contribution in [0.1, 0.15) is 19.8 Å². The third-order valence-corrected chi connectivity index (χ3v) is 5.25. The number of fused-ring (bicyclic) bond motifs is 1. The van der Waals surface area contributed by atoms with Gasteiger partial charge in [0.2, 0.25) is 5.91 Å². The Hall–Kier alpha value is -1.83. The summed E-state index contributed by atoms with van der Waals surface area (Å²) in [7, 11) is 0. The van der Waals surface area contributed by atoms with Gasteiger partial charge < -0.3 is 10.6 Å². The molecule has 3 rings (SSSR count). The SMILES string of the molecule is CCCC(=O)NC(=S)Nc1ccc(Br)cc1-c1nc2ccccc2s1. The normalized spacial score (nSPS) is 10.6. The van der Waals surface area contributed by atoms with E-state index in [1.807, 2.05) is 43.3 Å². The molecule has 2 aromatic carbocycles. The standard InChI is InChI=1S/C18H16BrN3OS2/c1-2-5-16(23)22-18(24)21-13-9-8-11(19)10-12(13)17-20-14-6-3-4-7-15(14)25-17/h3-4,6-10H,2,5H2,1H3,(H2,21,22,23,24). The Balaban J connectivity index is 1.90. The number of thiazole rings is 1. The van der Waals surface area contributed by atoms with Crippen molar-refractivity contribution in [1.82, 2.24) is 10.3 Å². The van der Waals surface area contributed by atoms with Gasteiger partial charge in [0.15, 0.2) is 5.11 Å². The molecule has 2 N–H and O–H groups in total. The van der Waals surface area contributed by atoms with E-state index < -0.39 is 0 Å². The zero-order chi connectivity index (χ0) is 17.8. The van der Waals surface area contributed by atoms with Gasteiger partial charge in [0.05, 0.1) is 15.9 Å². The Bertz CT molecular complexity index is 906. The predicted molar refractivity (Wildman–Crippen MR) is 112 cm³/mol. The highest BCUT2D eigenvalue weighted by Gasteiger charge is 2.13. The molecule has 0 atom stereocenters. The minimum atomic E-state index is -0.0846. The van der Waals surface area contributed by atoms with Gasteiger partial charge in [0.25, 0.3) is 0 Å². The van der Waals surface area contributed by atoms with Crippen molar-refractivity contribution in [2.24, 2.45) is 0 Å². The summed E-state index contributed by atoms with van der Waals surface area (Å²) >= 11 is 10.4. The highest BCUT2D eigenvalue weighted by atomic mass is 79.9. The van der Waals surface area contributed by atoms with E-state index in [4.69, 9.17) is 17.2 Å². The van der Waals surface area contributed by atoms with E-state index in [2.05, 4.69) is 32.6 Å². The Morgan fingerprint density at radius 2 is 2.08 bits per heavy atom. The lowest BCUT2D eigenvalue weighted by Gasteiger charge is -2.12. The maximum Gasteiger partial charge on any atom is 0.226 e. The number of carbonyl (C=O) groups is 1. The van der Waals surface area contributed by atoms with Gasteiger partial charge in [-0.3, -0.25) is 4.79 Å². The van der Waals surface area contributed by atoms with Crippen LogP contribution >= 0.6 is 39.5 Å². The number of rotatable bonds is 4. The molecule has 7 heteroatoms. The molecule has 0 fully saturated rings. The Labute approximate surface area is 163 Å². The number of carbonyl (C=O) groups excluding carboxylic acids is 1. The number of thiocarbonyl (C=S) groups is 1. The van der Waals surface area contributed by atoms with Crippen molar-refractivity contribution in [1.29, 1.82) is 0 Å². The van der Waals surface area contributed by atoms with Crippen LogP contribution in [0.5, 0.6) is 0 Å². The van der Waals surface area contributed by atoms with E-state index >= 15 is 0 Å². The largest absolute Gasteiger partial charge is 0.332 e. The average molecular weight is 434 g/mol. The van der Waals surface area contributed by atoms with Crippen LogP contribution in [0.25, 0.3) is 20.8 Å². The zero-order valence-corrected chi connectivity index (χ0v) is 16.7. The van der Waals surface area contributed by atoms with Crippen LogP contribution in [0, 0.1) is 0 Å². The van der Waals surface area contributed by atoms with E-state index in [9.17, 15) is 4.79 Å². The van der Waals surface area contributed by atoms with Crippen molar-refractivity contribution >= 4 is 66.4 Å². The Morgan fingerprint density at radius 1 is 1.28 bits per heavy atom. The number of para-hydroxylation sites is 1. The highest BCUT2D eigenvalue weighted by molar-refractivity contribution is 9.10. The number of hydrogen-bond donors (Lipinski definition) is 2. The van der Waals surface area contributed by atoms with Crippen LogP contribution in [0.15, 0.2) is 46.9 Å². The molecular weight excluding hydrogens is 418 g/mol. The maximum atomic E-state index is 11.7. The molecule has 0 spiro atoms. The van der Waals surface area contributed by atoms with Crippen molar-refractivity contribution in [3.8, 4) is 10.6 Å². The van der Waals surface area contributed by atoms with Gasteiger partial charge in [0.1, 0.15) is 5.01 Å². The molecule has 0 unspecified atom stereocenters. The third-order valence-electron chi connectivity index (χ3n) is 3.48. The molecule has 0 saturated carbocycles. The summed E-state index contributed by atoms with van der Waals surface area (Å²) in [4.78, 5) is 16.4. The number of amides is 1. The number of aromatic nitrogens is 1. The van der Waals surface area contributed by atoms with Crippen LogP contribution in [0.4, 0.5) is 5.69 Å². The molecule has 128 valence electrons. The molecule has 4 nitrogen and oxygen atoms in total. The van der Waals surface area contributed by atoms with Crippen molar-refractivity contribution in [2.75, 3.05) is 5.32 Å². The van der Waals surface area contributed by atoms with Gasteiger partial charge in [-0.1, -0.05) is 35.0 Å². The number of benzene rings is 2. The van der Waals surface area contributed by atoms with E-state index in [-0.39, 0.29) is 5.91 Å². The second-order valence-electron chi connectivity index (χ2n) is 5.43. The van der Waals surface area contributed by atoms with Crippen LogP contribution in [0.2, 0.25) is 0 Å². The molecule has 1 heterocycles. The lowest BCUT2D eigenvalue weighted by atomic mass is 10.2. The number of anilines is 1. The van der Waals surface area contributed by atoms with Gasteiger partial charge in [-0.05, 0) is 49.0 Å². The lowest BCUT2D eigenvalue weighted by molar-refractivity contribution is -0.119. The first kappa shape index (κ1) is 18.0. The van der Waals surface area contributed by atoms with Crippen molar-refractivity contribution in [3.05, 3.63) is 46.9 Å². The molecule has 1 amide bonds. The minimum absolute atomic E-state index is 0.0846. The number of hydrogen-bond acceptors (Lipinski definition) is 4. The second kappa shape index (κ2) is 8.03. The van der Waals surface area contributed by atoms with Crippen molar-refractivity contribution < 1.29 is 4.79 Å². The summed E-state index contributed by atoms with van der Waals surface area (Å²) in [5, 5.41) is 7.01. The number of nitrogens with zero attached hydrogens (tertiary/aromatic N) is 1. The quantitative estimate of drug-likeness (QED) is 0.545. The van der Waals surface area contributed by atoms with Crippen LogP contribution in [0.3, 0.4) is 0 Å². The van der Waals surface area contributed by atoms with Gasteiger partial charge in [-0.15, -0.1) is 11.3 Å². The fraction of sp³-hybridized carbons (Fsp3) is 0.167. The molecule has 0 saturated heterocycles. The molecule has 1 aromatic heterocycles. The highest BCUT2D eigenvalue weighted by Crippen LogP contribution is 2.36. The predicted octanol–water partition coefficient (Wildman–Crippen LogP) is 5.34. The molecule has 0 aliphatic heterocycles. The fourth-order valence-electron chi connectivity index (χ4n) is 2.36. The summed E-state index contributed by atoms with van der Waals surface area (Å²) < 4.78 is 2.08. The Morgan fingerprint density at radius 3 is 2.84 bits per heavy atom. The average Bonchev–Trinajstić information content (AvgIpc) is 3.00. The van der Waals surface area contributed by atoms with E-state index in [0.717, 1.165) is 37.4 Å². The zero-order valence-electron chi connectivity index (χ0n) is 13.5. The van der Waals surface area contributed by atoms with Crippen LogP contribution < -0.4 is 10.6 Å². The third kappa shape index (κ3) is 4.42. The number of halogens is 1. The van der Waals surface area contributed by atoms with E-state index in [1.165, 1.54) is 0 Å². The topological polar surface area (TPSA) is 54.0 Å². The number of nitrogens with one attached hydrogen (secondary N) is 2. The lowest BCUT2D eigenvalue weighted by Crippen LogP contribution is -2.33. The van der Waals surface area contributed by atoms with Crippen molar-refractivity contribution in [3.63, 3.8) is 0 Å². The molecule has 0 aliphatic carbocycles. The van der Waals surface area contributed by atoms with E-state index in [0.29, 0.717) is 11.5 Å².